The van der Waals surface area contributed by atoms with Crippen LogP contribution in [0.4, 0.5) is 0 Å². The summed E-state index contributed by atoms with van der Waals surface area (Å²) in [4.78, 5) is 7.18. The van der Waals surface area contributed by atoms with Gasteiger partial charge in [0.1, 0.15) is 12.4 Å². The number of aromatic nitrogens is 1. The Morgan fingerprint density at radius 3 is 2.67 bits per heavy atom. The third kappa shape index (κ3) is 7.29. The molecule has 0 unspecified atom stereocenters. The normalized spacial score (nSPS) is 17.4. The Labute approximate surface area is 237 Å². The number of aliphatic hydroxyl groups is 1. The molecule has 0 atom stereocenters. The van der Waals surface area contributed by atoms with E-state index in [0.717, 1.165) is 84.2 Å². The molecule has 206 valence electrons. The molecule has 2 aliphatic rings. The number of likely N-dealkylation sites (tertiary alicyclic amines) is 1. The lowest BCUT2D eigenvalue weighted by Gasteiger charge is -2.32. The first-order valence-corrected chi connectivity index (χ1v) is 14.6. The summed E-state index contributed by atoms with van der Waals surface area (Å²) in [6.07, 6.45) is 9.73. The average Bonchev–Trinajstić information content (AvgIpc) is 3.09. The molecule has 2 aliphatic heterocycles. The molecule has 0 saturated carbocycles. The summed E-state index contributed by atoms with van der Waals surface area (Å²) in [5.41, 5.74) is 5.56. The van der Waals surface area contributed by atoms with Gasteiger partial charge in [0, 0.05) is 34.9 Å². The zero-order valence-corrected chi connectivity index (χ0v) is 23.9. The summed E-state index contributed by atoms with van der Waals surface area (Å²) < 4.78 is 6.14. The number of rotatable bonds is 9. The Morgan fingerprint density at radius 1 is 1.10 bits per heavy atom. The van der Waals surface area contributed by atoms with Crippen LogP contribution in [0.15, 0.2) is 66.9 Å². The Balaban J connectivity index is 1.16. The van der Waals surface area contributed by atoms with E-state index in [1.165, 1.54) is 18.4 Å². The molecule has 2 aromatic carbocycles. The molecule has 1 fully saturated rings. The number of aryl methyl sites for hydroxylation is 1. The quantitative estimate of drug-likeness (QED) is 0.306. The van der Waals surface area contributed by atoms with Gasteiger partial charge >= 0.3 is 0 Å². The molecule has 0 spiro atoms. The fourth-order valence-corrected chi connectivity index (χ4v) is 5.68. The molecular weight excluding hydrogens is 506 g/mol. The van der Waals surface area contributed by atoms with Crippen LogP contribution in [0.3, 0.4) is 0 Å². The largest absolute Gasteiger partial charge is 0.487 e. The summed E-state index contributed by atoms with van der Waals surface area (Å²) in [6.45, 7) is 8.43. The van der Waals surface area contributed by atoms with E-state index in [9.17, 15) is 5.11 Å². The summed E-state index contributed by atoms with van der Waals surface area (Å²) in [7, 11) is 0. The van der Waals surface area contributed by atoms with Crippen molar-refractivity contribution < 1.29 is 9.84 Å². The zero-order valence-electron chi connectivity index (χ0n) is 23.1. The van der Waals surface area contributed by atoms with Crippen molar-refractivity contribution in [1.82, 2.24) is 15.2 Å². The lowest BCUT2D eigenvalue weighted by atomic mass is 9.90. The van der Waals surface area contributed by atoms with Crippen LogP contribution in [-0.2, 0) is 18.6 Å². The van der Waals surface area contributed by atoms with E-state index in [1.54, 1.807) is 0 Å². The highest BCUT2D eigenvalue weighted by Crippen LogP contribution is 2.38. The molecule has 0 amide bonds. The first-order chi connectivity index (χ1) is 18.9. The number of hydrogen-bond acceptors (Lipinski definition) is 5. The third-order valence-corrected chi connectivity index (χ3v) is 8.14. The van der Waals surface area contributed by atoms with Crippen LogP contribution in [0.25, 0.3) is 5.57 Å². The molecule has 0 aliphatic carbocycles. The lowest BCUT2D eigenvalue weighted by Crippen LogP contribution is -2.43. The second-order valence-electron chi connectivity index (χ2n) is 11.3. The number of halogens is 1. The van der Waals surface area contributed by atoms with E-state index < -0.39 is 5.60 Å². The molecule has 3 heterocycles. The second-order valence-corrected chi connectivity index (χ2v) is 11.7. The van der Waals surface area contributed by atoms with Crippen molar-refractivity contribution in [2.24, 2.45) is 0 Å². The first kappa shape index (κ1) is 27.9. The lowest BCUT2D eigenvalue weighted by molar-refractivity contribution is 0.0785. The van der Waals surface area contributed by atoms with Gasteiger partial charge in [-0.2, -0.15) is 0 Å². The summed E-state index contributed by atoms with van der Waals surface area (Å²) >= 11 is 5.99. The van der Waals surface area contributed by atoms with E-state index in [4.69, 9.17) is 16.3 Å². The highest BCUT2D eigenvalue weighted by molar-refractivity contribution is 6.30. The minimum absolute atomic E-state index is 0.447. The molecule has 39 heavy (non-hydrogen) atoms. The Bertz CT molecular complexity index is 1270. The molecule has 1 saturated heterocycles. The van der Waals surface area contributed by atoms with E-state index in [-0.39, 0.29) is 0 Å². The number of piperidine rings is 1. The number of pyridine rings is 1. The van der Waals surface area contributed by atoms with Crippen molar-refractivity contribution >= 4 is 17.2 Å². The number of nitrogens with one attached hydrogen (secondary N) is 1. The number of fused-ring (bicyclic) bond motifs is 2. The Kier molecular flexibility index (Phi) is 9.03. The van der Waals surface area contributed by atoms with Gasteiger partial charge in [-0.1, -0.05) is 41.9 Å². The average molecular weight is 546 g/mol. The predicted octanol–water partition coefficient (Wildman–Crippen LogP) is 6.36. The highest BCUT2D eigenvalue weighted by atomic mass is 35.5. The summed E-state index contributed by atoms with van der Waals surface area (Å²) in [5, 5.41) is 15.2. The Hall–Kier alpha value is -2.70. The maximum absolute atomic E-state index is 10.7. The van der Waals surface area contributed by atoms with Crippen LogP contribution < -0.4 is 10.1 Å². The SMILES string of the molecule is CC(C)(O)c1ccc2c(c1)C(=CCCN1CCC(NCCCc3ccc(Cl)cc3)CC1)c1cccnc1CO2. The van der Waals surface area contributed by atoms with Gasteiger partial charge in [-0.25, -0.2) is 0 Å². The van der Waals surface area contributed by atoms with Crippen LogP contribution in [0.2, 0.25) is 5.02 Å². The number of nitrogens with zero attached hydrogens (tertiary/aromatic N) is 2. The van der Waals surface area contributed by atoms with Gasteiger partial charge in [0.15, 0.2) is 0 Å². The van der Waals surface area contributed by atoms with Gasteiger partial charge < -0.3 is 20.1 Å². The smallest absolute Gasteiger partial charge is 0.131 e. The van der Waals surface area contributed by atoms with Crippen molar-refractivity contribution in [3.8, 4) is 5.75 Å². The number of hydrogen-bond donors (Lipinski definition) is 2. The minimum atomic E-state index is -0.918. The van der Waals surface area contributed by atoms with Crippen LogP contribution in [0.5, 0.6) is 5.75 Å². The minimum Gasteiger partial charge on any atom is -0.487 e. The van der Waals surface area contributed by atoms with E-state index >= 15 is 0 Å². The van der Waals surface area contributed by atoms with Gasteiger partial charge in [-0.15, -0.1) is 0 Å². The zero-order chi connectivity index (χ0) is 27.2. The molecule has 6 heteroatoms. The topological polar surface area (TPSA) is 57.6 Å². The number of ether oxygens (including phenoxy) is 1. The van der Waals surface area contributed by atoms with E-state index in [0.29, 0.717) is 12.6 Å². The summed E-state index contributed by atoms with van der Waals surface area (Å²) in [5.74, 6) is 0.843. The van der Waals surface area contributed by atoms with Crippen LogP contribution in [0, 0.1) is 0 Å². The van der Waals surface area contributed by atoms with Gasteiger partial charge in [0.25, 0.3) is 0 Å². The molecule has 2 N–H and O–H groups in total. The van der Waals surface area contributed by atoms with Gasteiger partial charge in [-0.3, -0.25) is 4.98 Å². The summed E-state index contributed by atoms with van der Waals surface area (Å²) in [6, 6.07) is 18.9. The molecule has 5 rings (SSSR count). The van der Waals surface area contributed by atoms with Crippen molar-refractivity contribution in [2.75, 3.05) is 26.2 Å². The third-order valence-electron chi connectivity index (χ3n) is 7.89. The molecular formula is C33H40ClN3O2. The van der Waals surface area contributed by atoms with Crippen LogP contribution in [0.1, 0.15) is 67.5 Å². The molecule has 1 aromatic heterocycles. The van der Waals surface area contributed by atoms with E-state index in [2.05, 4.69) is 45.5 Å². The fourth-order valence-electron chi connectivity index (χ4n) is 5.56. The monoisotopic (exact) mass is 545 g/mol. The first-order valence-electron chi connectivity index (χ1n) is 14.2. The van der Waals surface area contributed by atoms with Crippen LogP contribution in [-0.4, -0.2) is 47.2 Å². The van der Waals surface area contributed by atoms with Crippen molar-refractivity contribution in [2.45, 2.75) is 64.2 Å². The highest BCUT2D eigenvalue weighted by Gasteiger charge is 2.24. The standard InChI is InChI=1S/C33H40ClN3O2/c1-33(2,38)25-11-14-32-30(22-25)28(29-7-4-18-36-31(29)23-39-32)8-5-19-37-20-15-27(16-21-37)35-17-3-6-24-9-12-26(34)13-10-24/h4,7-14,18,22,27,35,38H,3,5-6,15-17,19-21,23H2,1-2H3. The predicted molar refractivity (Wildman–Crippen MR) is 159 cm³/mol. The maximum Gasteiger partial charge on any atom is 0.131 e. The van der Waals surface area contributed by atoms with Crippen LogP contribution >= 0.6 is 11.6 Å². The van der Waals surface area contributed by atoms with E-state index in [1.807, 2.05) is 50.4 Å². The van der Waals surface area contributed by atoms with Gasteiger partial charge in [0.2, 0.25) is 0 Å². The fraction of sp³-hybridized carbons (Fsp3) is 0.424. The van der Waals surface area contributed by atoms with Crippen molar-refractivity contribution in [3.63, 3.8) is 0 Å². The maximum atomic E-state index is 10.7. The Morgan fingerprint density at radius 2 is 1.90 bits per heavy atom. The van der Waals surface area contributed by atoms with Crippen molar-refractivity contribution in [1.29, 1.82) is 0 Å². The molecule has 5 nitrogen and oxygen atoms in total. The molecule has 3 aromatic rings. The number of benzene rings is 2. The van der Waals surface area contributed by atoms with Crippen molar-refractivity contribution in [3.05, 3.63) is 99.8 Å². The second kappa shape index (κ2) is 12.6. The molecule has 0 radical (unpaired) electrons. The molecule has 0 bridgehead atoms. The van der Waals surface area contributed by atoms with Gasteiger partial charge in [0.05, 0.1) is 11.3 Å². The van der Waals surface area contributed by atoms with Gasteiger partial charge in [-0.05, 0) is 113 Å².